The first-order chi connectivity index (χ1) is 8.29. The number of carbonyl (C=O) groups is 1. The van der Waals surface area contributed by atoms with Crippen LogP contribution in [0.4, 0.5) is 9.18 Å². The van der Waals surface area contributed by atoms with Crippen LogP contribution in [-0.4, -0.2) is 42.1 Å². The summed E-state index contributed by atoms with van der Waals surface area (Å²) in [5.41, 5.74) is -0.507. The van der Waals surface area contributed by atoms with Crippen LogP contribution in [0.15, 0.2) is 0 Å². The summed E-state index contributed by atoms with van der Waals surface area (Å²) < 4.78 is 23.0. The number of hydrogen-bond acceptors (Lipinski definition) is 3. The van der Waals surface area contributed by atoms with Gasteiger partial charge in [-0.05, 0) is 47.0 Å². The lowest BCUT2D eigenvalue weighted by atomic mass is 10.0. The fraction of sp³-hybridized carbons (Fsp3) is 0.923. The molecule has 0 aromatic carbocycles. The Bertz CT molecular complexity index is 276. The van der Waals surface area contributed by atoms with E-state index in [1.54, 1.807) is 4.90 Å². The molecule has 0 radical (unpaired) electrons. The van der Waals surface area contributed by atoms with E-state index < -0.39 is 12.0 Å². The molecule has 0 aromatic rings. The van der Waals surface area contributed by atoms with Crippen LogP contribution in [-0.2, 0) is 9.47 Å². The highest BCUT2D eigenvalue weighted by Crippen LogP contribution is 2.21. The smallest absolute Gasteiger partial charge is 0.410 e. The molecule has 5 heteroatoms. The molecule has 0 spiro atoms. The Hall–Kier alpha value is -0.840. The summed E-state index contributed by atoms with van der Waals surface area (Å²) in [4.78, 5) is 13.7. The van der Waals surface area contributed by atoms with Gasteiger partial charge in [-0.15, -0.1) is 0 Å². The van der Waals surface area contributed by atoms with Crippen molar-refractivity contribution in [3.63, 3.8) is 0 Å². The van der Waals surface area contributed by atoms with E-state index in [0.29, 0.717) is 6.54 Å². The van der Waals surface area contributed by atoms with Gasteiger partial charge in [-0.25, -0.2) is 9.18 Å². The lowest BCUT2D eigenvalue weighted by Crippen LogP contribution is -2.48. The third kappa shape index (κ3) is 5.21. The van der Waals surface area contributed by atoms with E-state index >= 15 is 0 Å². The van der Waals surface area contributed by atoms with E-state index in [9.17, 15) is 9.18 Å². The Kier molecular flexibility index (Phi) is 5.38. The van der Waals surface area contributed by atoms with E-state index in [1.165, 1.54) is 6.92 Å². The largest absolute Gasteiger partial charge is 0.444 e. The summed E-state index contributed by atoms with van der Waals surface area (Å²) in [5.74, 6) is 0. The van der Waals surface area contributed by atoms with Crippen LogP contribution in [0, 0.1) is 0 Å². The van der Waals surface area contributed by atoms with E-state index in [0.717, 1.165) is 19.3 Å². The topological polar surface area (TPSA) is 38.8 Å². The van der Waals surface area contributed by atoms with Crippen molar-refractivity contribution >= 4 is 6.09 Å². The zero-order valence-corrected chi connectivity index (χ0v) is 11.7. The molecule has 1 saturated heterocycles. The quantitative estimate of drug-likeness (QED) is 0.783. The zero-order chi connectivity index (χ0) is 13.8. The van der Waals surface area contributed by atoms with Crippen molar-refractivity contribution in [3.05, 3.63) is 0 Å². The molecule has 1 amide bonds. The minimum atomic E-state index is -1.30. The van der Waals surface area contributed by atoms with E-state index in [1.807, 2.05) is 20.8 Å². The highest BCUT2D eigenvalue weighted by atomic mass is 19.1. The molecule has 0 aromatic heterocycles. The number of alkyl halides is 1. The van der Waals surface area contributed by atoms with E-state index in [4.69, 9.17) is 9.47 Å². The molecule has 106 valence electrons. The minimum Gasteiger partial charge on any atom is -0.444 e. The summed E-state index contributed by atoms with van der Waals surface area (Å²) >= 11 is 0. The lowest BCUT2D eigenvalue weighted by molar-refractivity contribution is -0.0604. The maximum atomic E-state index is 12.7. The van der Waals surface area contributed by atoms with Gasteiger partial charge in [-0.1, -0.05) is 0 Å². The second-order valence-electron chi connectivity index (χ2n) is 5.70. The highest BCUT2D eigenvalue weighted by molar-refractivity contribution is 5.68. The number of carbonyl (C=O) groups excluding carboxylic acids is 1. The minimum absolute atomic E-state index is 0.0770. The van der Waals surface area contributed by atoms with Gasteiger partial charge in [0, 0.05) is 6.54 Å². The Labute approximate surface area is 108 Å². The number of rotatable bonds is 3. The molecule has 1 aliphatic heterocycles. The molecule has 0 aliphatic carbocycles. The first-order valence-corrected chi connectivity index (χ1v) is 6.55. The van der Waals surface area contributed by atoms with Crippen molar-refractivity contribution in [3.8, 4) is 0 Å². The van der Waals surface area contributed by atoms with Gasteiger partial charge in [0.25, 0.3) is 0 Å². The predicted octanol–water partition coefficient (Wildman–Crippen LogP) is 3.11. The third-order valence-electron chi connectivity index (χ3n) is 2.77. The van der Waals surface area contributed by atoms with Gasteiger partial charge < -0.3 is 14.4 Å². The molecule has 0 N–H and O–H groups in total. The van der Waals surface area contributed by atoms with Gasteiger partial charge in [-0.2, -0.15) is 0 Å². The van der Waals surface area contributed by atoms with Crippen LogP contribution >= 0.6 is 0 Å². The summed E-state index contributed by atoms with van der Waals surface area (Å²) in [6.07, 6.45) is 1.20. The Balaban J connectivity index is 2.55. The Morgan fingerprint density at radius 3 is 2.67 bits per heavy atom. The van der Waals surface area contributed by atoms with Crippen LogP contribution in [0.5, 0.6) is 0 Å². The SMILES string of the molecule is CC(F)OC[C@H]1CCCCN1C(=O)OC(C)(C)C. The number of piperidine rings is 1. The van der Waals surface area contributed by atoms with Crippen molar-refractivity contribution in [1.29, 1.82) is 0 Å². The summed E-state index contributed by atoms with van der Waals surface area (Å²) in [6.45, 7) is 7.75. The number of ether oxygens (including phenoxy) is 2. The van der Waals surface area contributed by atoms with E-state index in [-0.39, 0.29) is 18.7 Å². The average Bonchev–Trinajstić information content (AvgIpc) is 2.24. The number of nitrogens with zero attached hydrogens (tertiary/aromatic N) is 1. The van der Waals surface area contributed by atoms with Crippen molar-refractivity contribution in [2.45, 2.75) is 65.0 Å². The predicted molar refractivity (Wildman–Crippen MR) is 67.1 cm³/mol. The molecule has 0 saturated carbocycles. The van der Waals surface area contributed by atoms with Crippen molar-refractivity contribution in [1.82, 2.24) is 4.90 Å². The van der Waals surface area contributed by atoms with Crippen molar-refractivity contribution in [2.75, 3.05) is 13.2 Å². The van der Waals surface area contributed by atoms with Gasteiger partial charge in [0.15, 0.2) is 6.36 Å². The normalized spacial score (nSPS) is 22.7. The van der Waals surface area contributed by atoms with Crippen LogP contribution in [0.25, 0.3) is 0 Å². The Morgan fingerprint density at radius 1 is 1.44 bits per heavy atom. The molecular formula is C13H24FNO3. The standard InChI is InChI=1S/C13H24FNO3/c1-10(14)17-9-11-7-5-6-8-15(11)12(16)18-13(2,3)4/h10-11H,5-9H2,1-4H3/t10?,11-/m1/s1. The number of amides is 1. The molecule has 1 heterocycles. The second kappa shape index (κ2) is 6.36. The zero-order valence-electron chi connectivity index (χ0n) is 11.7. The van der Waals surface area contributed by atoms with Crippen molar-refractivity contribution < 1.29 is 18.7 Å². The van der Waals surface area contributed by atoms with Crippen LogP contribution in [0.2, 0.25) is 0 Å². The highest BCUT2D eigenvalue weighted by Gasteiger charge is 2.30. The molecule has 4 nitrogen and oxygen atoms in total. The third-order valence-corrected chi connectivity index (χ3v) is 2.77. The Morgan fingerprint density at radius 2 is 2.11 bits per heavy atom. The summed E-state index contributed by atoms with van der Waals surface area (Å²) in [5, 5.41) is 0. The lowest BCUT2D eigenvalue weighted by Gasteiger charge is -2.36. The first-order valence-electron chi connectivity index (χ1n) is 6.55. The van der Waals surface area contributed by atoms with Gasteiger partial charge >= 0.3 is 6.09 Å². The van der Waals surface area contributed by atoms with Gasteiger partial charge in [0.1, 0.15) is 5.60 Å². The fourth-order valence-electron chi connectivity index (χ4n) is 1.98. The molecule has 0 bridgehead atoms. The second-order valence-corrected chi connectivity index (χ2v) is 5.70. The van der Waals surface area contributed by atoms with Crippen LogP contribution in [0.3, 0.4) is 0 Å². The van der Waals surface area contributed by atoms with E-state index in [2.05, 4.69) is 0 Å². The molecule has 1 aliphatic rings. The number of halogens is 1. The molecular weight excluding hydrogens is 237 g/mol. The summed E-state index contributed by atoms with van der Waals surface area (Å²) in [7, 11) is 0. The van der Waals surface area contributed by atoms with Crippen LogP contribution in [0.1, 0.15) is 47.0 Å². The summed E-state index contributed by atoms with van der Waals surface area (Å²) in [6, 6.07) is -0.0770. The maximum Gasteiger partial charge on any atom is 0.410 e. The monoisotopic (exact) mass is 261 g/mol. The molecule has 1 fully saturated rings. The number of hydrogen-bond donors (Lipinski definition) is 0. The fourth-order valence-corrected chi connectivity index (χ4v) is 1.98. The molecule has 1 unspecified atom stereocenters. The molecule has 1 rings (SSSR count). The average molecular weight is 261 g/mol. The van der Waals surface area contributed by atoms with Gasteiger partial charge in [0.05, 0.1) is 12.6 Å². The van der Waals surface area contributed by atoms with Crippen molar-refractivity contribution in [2.24, 2.45) is 0 Å². The number of likely N-dealkylation sites (tertiary alicyclic amines) is 1. The first kappa shape index (κ1) is 15.2. The van der Waals surface area contributed by atoms with Gasteiger partial charge in [0.2, 0.25) is 0 Å². The molecule has 2 atom stereocenters. The maximum absolute atomic E-state index is 12.7. The van der Waals surface area contributed by atoms with Gasteiger partial charge in [-0.3, -0.25) is 0 Å². The van der Waals surface area contributed by atoms with Crippen LogP contribution < -0.4 is 0 Å². The molecule has 18 heavy (non-hydrogen) atoms.